The maximum Gasteiger partial charge on any atom is 0.161 e. The van der Waals surface area contributed by atoms with Crippen LogP contribution in [0, 0.1) is 6.92 Å². The van der Waals surface area contributed by atoms with Crippen molar-refractivity contribution in [3.63, 3.8) is 0 Å². The average molecular weight is 442 g/mol. The molecule has 2 N–H and O–H groups in total. The lowest BCUT2D eigenvalue weighted by atomic mass is 9.93. The molecule has 33 heavy (non-hydrogen) atoms. The van der Waals surface area contributed by atoms with E-state index in [1.165, 1.54) is 16.7 Å². The molecular formula is C27H27N3O3. The Hall–Kier alpha value is -3.48. The fraction of sp³-hybridized carbons (Fsp3) is 0.259. The van der Waals surface area contributed by atoms with Crippen LogP contribution in [-0.4, -0.2) is 41.4 Å². The molecule has 0 atom stereocenters. The van der Waals surface area contributed by atoms with E-state index in [2.05, 4.69) is 53.6 Å². The molecule has 0 saturated carbocycles. The van der Waals surface area contributed by atoms with Gasteiger partial charge in [-0.05, 0) is 59.0 Å². The first-order valence-electron chi connectivity index (χ1n) is 11.3. The molecule has 5 rings (SSSR count). The Kier molecular flexibility index (Phi) is 6.19. The zero-order valence-electron chi connectivity index (χ0n) is 18.7. The van der Waals surface area contributed by atoms with E-state index >= 15 is 0 Å². The van der Waals surface area contributed by atoms with Gasteiger partial charge in [-0.25, -0.2) is 0 Å². The molecule has 0 spiro atoms. The molecular weight excluding hydrogens is 414 g/mol. The molecule has 1 aliphatic heterocycles. The van der Waals surface area contributed by atoms with Gasteiger partial charge in [0, 0.05) is 37.3 Å². The van der Waals surface area contributed by atoms with Crippen molar-refractivity contribution in [1.82, 2.24) is 15.3 Å². The van der Waals surface area contributed by atoms with Crippen LogP contribution in [0.3, 0.4) is 0 Å². The summed E-state index contributed by atoms with van der Waals surface area (Å²) in [6.07, 6.45) is 4.44. The van der Waals surface area contributed by atoms with Crippen molar-refractivity contribution in [3.05, 3.63) is 83.3 Å². The van der Waals surface area contributed by atoms with Crippen LogP contribution in [0.1, 0.15) is 22.4 Å². The summed E-state index contributed by atoms with van der Waals surface area (Å²) >= 11 is 0. The number of nitrogens with one attached hydrogen (secondary N) is 1. The van der Waals surface area contributed by atoms with Gasteiger partial charge < -0.3 is 19.9 Å². The second kappa shape index (κ2) is 9.57. The molecule has 2 aromatic heterocycles. The summed E-state index contributed by atoms with van der Waals surface area (Å²) in [5, 5.41) is 13.2. The van der Waals surface area contributed by atoms with E-state index in [0.717, 1.165) is 39.2 Å². The summed E-state index contributed by atoms with van der Waals surface area (Å²) in [4.78, 5) is 9.38. The Labute approximate surface area is 193 Å². The number of benzene rings is 2. The van der Waals surface area contributed by atoms with Crippen LogP contribution in [0.25, 0.3) is 22.0 Å². The molecule has 168 valence electrons. The van der Waals surface area contributed by atoms with Crippen LogP contribution >= 0.6 is 0 Å². The highest BCUT2D eigenvalue weighted by Gasteiger charge is 2.15. The van der Waals surface area contributed by atoms with Crippen molar-refractivity contribution < 1.29 is 14.6 Å². The van der Waals surface area contributed by atoms with Crippen molar-refractivity contribution in [2.24, 2.45) is 0 Å². The molecule has 1 aliphatic rings. The molecule has 4 aromatic rings. The normalized spacial score (nSPS) is 12.8. The number of hydrogen-bond acceptors (Lipinski definition) is 6. The van der Waals surface area contributed by atoms with Crippen molar-refractivity contribution in [2.75, 3.05) is 26.4 Å². The number of aliphatic hydroxyl groups excluding tert-OH is 1. The molecule has 0 radical (unpaired) electrons. The van der Waals surface area contributed by atoms with Gasteiger partial charge in [0.2, 0.25) is 0 Å². The quantitative estimate of drug-likeness (QED) is 0.422. The molecule has 0 aliphatic carbocycles. The van der Waals surface area contributed by atoms with Gasteiger partial charge in [0.05, 0.1) is 17.8 Å². The van der Waals surface area contributed by atoms with Crippen LogP contribution in [-0.2, 0) is 13.0 Å². The van der Waals surface area contributed by atoms with E-state index in [4.69, 9.17) is 19.6 Å². The number of ether oxygens (including phenoxy) is 2. The van der Waals surface area contributed by atoms with E-state index in [1.807, 2.05) is 24.5 Å². The number of aromatic nitrogens is 2. The van der Waals surface area contributed by atoms with Gasteiger partial charge in [-0.3, -0.25) is 9.97 Å². The summed E-state index contributed by atoms with van der Waals surface area (Å²) in [5.41, 5.74) is 7.70. The van der Waals surface area contributed by atoms with Gasteiger partial charge >= 0.3 is 0 Å². The second-order valence-corrected chi connectivity index (χ2v) is 8.20. The lowest BCUT2D eigenvalue weighted by Crippen LogP contribution is -2.17. The minimum absolute atomic E-state index is 0.125. The van der Waals surface area contributed by atoms with E-state index in [-0.39, 0.29) is 6.61 Å². The summed E-state index contributed by atoms with van der Waals surface area (Å²) in [6.45, 7) is 4.70. The molecule has 0 amide bonds. The van der Waals surface area contributed by atoms with Gasteiger partial charge in [-0.2, -0.15) is 0 Å². The zero-order chi connectivity index (χ0) is 22.6. The van der Waals surface area contributed by atoms with E-state index in [1.54, 1.807) is 0 Å². The monoisotopic (exact) mass is 441 g/mol. The van der Waals surface area contributed by atoms with Crippen molar-refractivity contribution >= 4 is 10.9 Å². The Morgan fingerprint density at radius 2 is 1.88 bits per heavy atom. The molecule has 3 heterocycles. The van der Waals surface area contributed by atoms with Gasteiger partial charge in [-0.15, -0.1) is 0 Å². The summed E-state index contributed by atoms with van der Waals surface area (Å²) in [5.74, 6) is 1.60. The molecule has 0 fully saturated rings. The van der Waals surface area contributed by atoms with Crippen LogP contribution in [0.2, 0.25) is 0 Å². The SMILES string of the molecule is Cc1c(Cc2nccc3cc(CNCCO)cnc23)cccc1-c1ccc2c(c1)OCCO2. The van der Waals surface area contributed by atoms with Crippen LogP contribution < -0.4 is 14.8 Å². The smallest absolute Gasteiger partial charge is 0.161 e. The number of rotatable bonds is 7. The van der Waals surface area contributed by atoms with Crippen LogP contribution in [0.15, 0.2) is 60.9 Å². The third-order valence-corrected chi connectivity index (χ3v) is 6.01. The third-order valence-electron chi connectivity index (χ3n) is 6.01. The summed E-state index contributed by atoms with van der Waals surface area (Å²) in [7, 11) is 0. The topological polar surface area (TPSA) is 76.5 Å². The van der Waals surface area contributed by atoms with Gasteiger partial charge in [0.15, 0.2) is 11.5 Å². The van der Waals surface area contributed by atoms with E-state index in [9.17, 15) is 0 Å². The lowest BCUT2D eigenvalue weighted by molar-refractivity contribution is 0.171. The predicted molar refractivity (Wildman–Crippen MR) is 129 cm³/mol. The van der Waals surface area contributed by atoms with Crippen molar-refractivity contribution in [2.45, 2.75) is 19.9 Å². The van der Waals surface area contributed by atoms with Gasteiger partial charge in [0.1, 0.15) is 13.2 Å². The average Bonchev–Trinajstić information content (AvgIpc) is 2.85. The largest absolute Gasteiger partial charge is 0.486 e. The Morgan fingerprint density at radius 3 is 2.76 bits per heavy atom. The highest BCUT2D eigenvalue weighted by molar-refractivity contribution is 5.81. The second-order valence-electron chi connectivity index (χ2n) is 8.20. The van der Waals surface area contributed by atoms with E-state index in [0.29, 0.717) is 32.7 Å². The summed E-state index contributed by atoms with van der Waals surface area (Å²) < 4.78 is 11.4. The van der Waals surface area contributed by atoms with E-state index < -0.39 is 0 Å². The number of hydrogen-bond donors (Lipinski definition) is 2. The highest BCUT2D eigenvalue weighted by Crippen LogP contribution is 2.36. The molecule has 0 unspecified atom stereocenters. The Balaban J connectivity index is 1.44. The lowest BCUT2D eigenvalue weighted by Gasteiger charge is -2.19. The zero-order valence-corrected chi connectivity index (χ0v) is 18.7. The predicted octanol–water partition coefficient (Wildman–Crippen LogP) is 4.05. The highest BCUT2D eigenvalue weighted by atomic mass is 16.6. The first kappa shape index (κ1) is 21.4. The van der Waals surface area contributed by atoms with Gasteiger partial charge in [0.25, 0.3) is 0 Å². The summed E-state index contributed by atoms with van der Waals surface area (Å²) in [6, 6.07) is 16.7. The number of nitrogens with zero attached hydrogens (tertiary/aromatic N) is 2. The number of aliphatic hydroxyl groups is 1. The minimum atomic E-state index is 0.125. The maximum atomic E-state index is 8.96. The standard InChI is InChI=1S/C27H27N3O3/c1-18-20(3-2-4-23(18)21-5-6-25-26(15-21)33-12-11-32-25)14-24-27-22(7-8-29-24)13-19(17-30-27)16-28-9-10-31/h2-8,13,15,17,28,31H,9-12,14,16H2,1H3. The fourth-order valence-corrected chi connectivity index (χ4v) is 4.28. The van der Waals surface area contributed by atoms with Crippen molar-refractivity contribution in [3.8, 4) is 22.6 Å². The minimum Gasteiger partial charge on any atom is -0.486 e. The Bertz CT molecular complexity index is 1290. The van der Waals surface area contributed by atoms with Crippen LogP contribution in [0.5, 0.6) is 11.5 Å². The first-order chi connectivity index (χ1) is 16.2. The Morgan fingerprint density at radius 1 is 1.00 bits per heavy atom. The molecule has 0 bridgehead atoms. The fourth-order valence-electron chi connectivity index (χ4n) is 4.28. The third kappa shape index (κ3) is 4.53. The van der Waals surface area contributed by atoms with Crippen LogP contribution in [0.4, 0.5) is 0 Å². The number of pyridine rings is 2. The molecule has 2 aromatic carbocycles. The first-order valence-corrected chi connectivity index (χ1v) is 11.3. The molecule has 0 saturated heterocycles. The number of fused-ring (bicyclic) bond motifs is 2. The molecule has 6 heteroatoms. The maximum absolute atomic E-state index is 8.96. The van der Waals surface area contributed by atoms with Gasteiger partial charge in [-0.1, -0.05) is 24.3 Å². The van der Waals surface area contributed by atoms with Crippen molar-refractivity contribution in [1.29, 1.82) is 0 Å². The molecule has 6 nitrogen and oxygen atoms in total.